The molecule has 0 spiro atoms. The lowest BCUT2D eigenvalue weighted by atomic mass is 9.77. The quantitative estimate of drug-likeness (QED) is 0.428. The maximum Gasteiger partial charge on any atom is 0.327 e. The third kappa shape index (κ3) is 2.99. The molecule has 2 saturated heterocycles. The highest BCUT2D eigenvalue weighted by molar-refractivity contribution is 5.79. The number of carboxylic acid groups (broad SMARTS) is 1. The van der Waals surface area contributed by atoms with E-state index in [1.165, 1.54) is 6.08 Å². The summed E-state index contributed by atoms with van der Waals surface area (Å²) in [6.07, 6.45) is 10.4. The fourth-order valence-corrected chi connectivity index (χ4v) is 3.20. The monoisotopic (exact) mass is 252 g/mol. The second-order valence-electron chi connectivity index (χ2n) is 5.19. The molecule has 18 heavy (non-hydrogen) atoms. The smallest absolute Gasteiger partial charge is 0.327 e. The Morgan fingerprint density at radius 3 is 2.78 bits per heavy atom. The van der Waals surface area contributed by atoms with Crippen molar-refractivity contribution in [1.82, 2.24) is 0 Å². The molecular formula is C14H20O4. The Morgan fingerprint density at radius 1 is 1.28 bits per heavy atom. The molecule has 100 valence electrons. The fraction of sp³-hybridized carbons (Fsp3) is 0.714. The third-order valence-corrected chi connectivity index (χ3v) is 4.06. The Balaban J connectivity index is 1.67. The molecule has 2 rings (SSSR count). The minimum absolute atomic E-state index is 0.0957. The zero-order chi connectivity index (χ0) is 13.0. The molecule has 4 nitrogen and oxygen atoms in total. The van der Waals surface area contributed by atoms with Gasteiger partial charge in [-0.25, -0.2) is 4.79 Å². The summed E-state index contributed by atoms with van der Waals surface area (Å²) in [5.74, 6) is -0.402. The molecule has 2 aliphatic heterocycles. The van der Waals surface area contributed by atoms with Crippen LogP contribution < -0.4 is 0 Å². The molecule has 0 aromatic rings. The summed E-state index contributed by atoms with van der Waals surface area (Å²) in [4.78, 5) is 21.3. The molecule has 2 aliphatic rings. The van der Waals surface area contributed by atoms with E-state index in [1.54, 1.807) is 6.08 Å². The van der Waals surface area contributed by atoms with E-state index < -0.39 is 5.97 Å². The first-order chi connectivity index (χ1) is 8.72. The molecule has 4 atom stereocenters. The van der Waals surface area contributed by atoms with Gasteiger partial charge in [0.15, 0.2) is 0 Å². The first-order valence-electron chi connectivity index (χ1n) is 6.72. The molecule has 2 fully saturated rings. The van der Waals surface area contributed by atoms with E-state index in [1.807, 2.05) is 0 Å². The molecule has 0 radical (unpaired) electrons. The molecule has 4 heteroatoms. The number of hydrogen-bond donors (Lipinski definition) is 1. The summed E-state index contributed by atoms with van der Waals surface area (Å²) < 4.78 is 5.78. The largest absolute Gasteiger partial charge is 0.478 e. The number of unbranched alkanes of at least 4 members (excludes halogenated alkanes) is 2. The van der Waals surface area contributed by atoms with Crippen molar-refractivity contribution in [3.8, 4) is 0 Å². The molecule has 0 aliphatic carbocycles. The van der Waals surface area contributed by atoms with Crippen LogP contribution in [0, 0.1) is 11.8 Å². The summed E-state index contributed by atoms with van der Waals surface area (Å²) >= 11 is 0. The van der Waals surface area contributed by atoms with Crippen molar-refractivity contribution in [3.05, 3.63) is 12.2 Å². The molecule has 2 bridgehead atoms. The molecule has 4 unspecified atom stereocenters. The Labute approximate surface area is 107 Å². The van der Waals surface area contributed by atoms with Crippen LogP contribution >= 0.6 is 0 Å². The average Bonchev–Trinajstić information content (AvgIpc) is 2.93. The molecule has 0 saturated carbocycles. The maximum absolute atomic E-state index is 11.1. The van der Waals surface area contributed by atoms with Crippen LogP contribution in [0.25, 0.3) is 0 Å². The van der Waals surface area contributed by atoms with Crippen LogP contribution in [-0.2, 0) is 14.3 Å². The van der Waals surface area contributed by atoms with Crippen LogP contribution in [0.4, 0.5) is 0 Å². The zero-order valence-electron chi connectivity index (χ0n) is 10.5. The standard InChI is InChI=1S/C14H20O4/c15-9-11-10(12-7-8-13(11)18-12)5-3-1-2-4-6-14(16)17/h4,6,9-13H,1-3,5,7-8H2,(H,16,17)/b6-4+. The fourth-order valence-electron chi connectivity index (χ4n) is 3.20. The number of hydrogen-bond acceptors (Lipinski definition) is 3. The number of carboxylic acids is 1. The van der Waals surface area contributed by atoms with Crippen molar-refractivity contribution in [2.24, 2.45) is 11.8 Å². The number of fused-ring (bicyclic) bond motifs is 2. The predicted octanol–water partition coefficient (Wildman–Crippen LogP) is 2.18. The number of allylic oxidation sites excluding steroid dienone is 1. The highest BCUT2D eigenvalue weighted by atomic mass is 16.5. The van der Waals surface area contributed by atoms with E-state index in [2.05, 4.69) is 0 Å². The van der Waals surface area contributed by atoms with E-state index >= 15 is 0 Å². The van der Waals surface area contributed by atoms with Crippen LogP contribution in [0.15, 0.2) is 12.2 Å². The lowest BCUT2D eigenvalue weighted by Crippen LogP contribution is -2.28. The SMILES string of the molecule is O=CC1C2CCC(O2)C1CCCC/C=C/C(=O)O. The molecule has 0 amide bonds. The highest BCUT2D eigenvalue weighted by Gasteiger charge is 2.48. The van der Waals surface area contributed by atoms with Crippen LogP contribution in [-0.4, -0.2) is 29.6 Å². The lowest BCUT2D eigenvalue weighted by molar-refractivity contribution is -0.131. The molecular weight excluding hydrogens is 232 g/mol. The molecule has 0 aromatic carbocycles. The van der Waals surface area contributed by atoms with Gasteiger partial charge in [-0.05, 0) is 38.0 Å². The van der Waals surface area contributed by atoms with Crippen molar-refractivity contribution in [2.45, 2.75) is 50.7 Å². The van der Waals surface area contributed by atoms with E-state index in [9.17, 15) is 9.59 Å². The van der Waals surface area contributed by atoms with E-state index in [0.717, 1.165) is 44.8 Å². The van der Waals surface area contributed by atoms with Gasteiger partial charge in [0.2, 0.25) is 0 Å². The van der Waals surface area contributed by atoms with Crippen LogP contribution in [0.5, 0.6) is 0 Å². The van der Waals surface area contributed by atoms with Crippen molar-refractivity contribution in [1.29, 1.82) is 0 Å². The van der Waals surface area contributed by atoms with Gasteiger partial charge in [0.1, 0.15) is 6.29 Å². The maximum atomic E-state index is 11.1. The number of ether oxygens (including phenoxy) is 1. The van der Waals surface area contributed by atoms with Gasteiger partial charge in [-0.3, -0.25) is 0 Å². The number of aldehydes is 1. The summed E-state index contributed by atoms with van der Waals surface area (Å²) in [5, 5.41) is 8.44. The van der Waals surface area contributed by atoms with Crippen molar-refractivity contribution in [2.75, 3.05) is 0 Å². The minimum atomic E-state index is -0.891. The van der Waals surface area contributed by atoms with E-state index in [0.29, 0.717) is 12.0 Å². The Morgan fingerprint density at radius 2 is 2.06 bits per heavy atom. The third-order valence-electron chi connectivity index (χ3n) is 4.06. The van der Waals surface area contributed by atoms with Crippen molar-refractivity contribution < 1.29 is 19.4 Å². The average molecular weight is 252 g/mol. The topological polar surface area (TPSA) is 63.6 Å². The minimum Gasteiger partial charge on any atom is -0.478 e. The Bertz CT molecular complexity index is 337. The van der Waals surface area contributed by atoms with Crippen LogP contribution in [0.2, 0.25) is 0 Å². The first kappa shape index (κ1) is 13.3. The van der Waals surface area contributed by atoms with Crippen molar-refractivity contribution >= 4 is 12.3 Å². The summed E-state index contributed by atoms with van der Waals surface area (Å²) in [7, 11) is 0. The van der Waals surface area contributed by atoms with E-state index in [4.69, 9.17) is 9.84 Å². The summed E-state index contributed by atoms with van der Waals surface area (Å²) in [5.41, 5.74) is 0. The highest BCUT2D eigenvalue weighted by Crippen LogP contribution is 2.44. The number of carbonyl (C=O) groups excluding carboxylic acids is 1. The zero-order valence-corrected chi connectivity index (χ0v) is 10.5. The van der Waals surface area contributed by atoms with Gasteiger partial charge in [-0.2, -0.15) is 0 Å². The van der Waals surface area contributed by atoms with Gasteiger partial charge in [-0.1, -0.05) is 12.5 Å². The first-order valence-corrected chi connectivity index (χ1v) is 6.72. The summed E-state index contributed by atoms with van der Waals surface area (Å²) in [6.45, 7) is 0. The molecule has 1 N–H and O–H groups in total. The van der Waals surface area contributed by atoms with Gasteiger partial charge >= 0.3 is 5.97 Å². The number of carbonyl (C=O) groups is 2. The van der Waals surface area contributed by atoms with Gasteiger partial charge in [0, 0.05) is 12.0 Å². The second-order valence-corrected chi connectivity index (χ2v) is 5.19. The van der Waals surface area contributed by atoms with Gasteiger partial charge in [0.05, 0.1) is 12.2 Å². The van der Waals surface area contributed by atoms with E-state index in [-0.39, 0.29) is 12.0 Å². The van der Waals surface area contributed by atoms with Crippen LogP contribution in [0.1, 0.15) is 38.5 Å². The number of rotatable bonds is 7. The number of aliphatic carboxylic acids is 1. The van der Waals surface area contributed by atoms with Crippen LogP contribution in [0.3, 0.4) is 0 Å². The van der Waals surface area contributed by atoms with Crippen molar-refractivity contribution in [3.63, 3.8) is 0 Å². The summed E-state index contributed by atoms with van der Waals surface area (Å²) in [6, 6.07) is 0. The van der Waals surface area contributed by atoms with Gasteiger partial charge in [0.25, 0.3) is 0 Å². The normalized spacial score (nSPS) is 34.2. The lowest BCUT2D eigenvalue weighted by Gasteiger charge is -2.23. The van der Waals surface area contributed by atoms with Gasteiger partial charge < -0.3 is 14.6 Å². The molecule has 2 heterocycles. The Kier molecular flexibility index (Phi) is 4.53. The van der Waals surface area contributed by atoms with Gasteiger partial charge in [-0.15, -0.1) is 0 Å². The second kappa shape index (κ2) is 6.14. The molecule has 0 aromatic heterocycles. The Hall–Kier alpha value is -1.16. The predicted molar refractivity (Wildman–Crippen MR) is 66.2 cm³/mol.